The van der Waals surface area contributed by atoms with Gasteiger partial charge in [-0.25, -0.2) is 4.98 Å². The quantitative estimate of drug-likeness (QED) is 0.705. The second-order valence-corrected chi connectivity index (χ2v) is 4.45. The van der Waals surface area contributed by atoms with E-state index in [0.29, 0.717) is 5.13 Å². The Balaban J connectivity index is 2.22. The van der Waals surface area contributed by atoms with Crippen molar-refractivity contribution in [1.82, 2.24) is 9.88 Å². The highest BCUT2D eigenvalue weighted by molar-refractivity contribution is 7.13. The number of anilines is 1. The number of nitrogens with zero attached hydrogens (tertiary/aromatic N) is 2. The van der Waals surface area contributed by atoms with Crippen molar-refractivity contribution < 1.29 is 4.74 Å². The highest BCUT2D eigenvalue weighted by atomic mass is 32.1. The van der Waals surface area contributed by atoms with Gasteiger partial charge in [0.05, 0.1) is 12.3 Å². The predicted molar refractivity (Wildman–Crippen MR) is 68.8 cm³/mol. The van der Waals surface area contributed by atoms with Gasteiger partial charge < -0.3 is 15.4 Å². The molecule has 0 aliphatic rings. The molecule has 0 aliphatic heterocycles. The Kier molecular flexibility index (Phi) is 6.37. The number of rotatable bonds is 8. The Bertz CT molecular complexity index is 291. The van der Waals surface area contributed by atoms with Crippen LogP contribution in [0.2, 0.25) is 0 Å². The van der Waals surface area contributed by atoms with Gasteiger partial charge in [0, 0.05) is 31.5 Å². The van der Waals surface area contributed by atoms with Crippen LogP contribution in [-0.2, 0) is 11.2 Å². The number of aromatic nitrogens is 1. The van der Waals surface area contributed by atoms with Crippen molar-refractivity contribution in [2.45, 2.75) is 20.3 Å². The standard InChI is InChI=1S/C11H21N3OS/c1-3-14(7-8-15-4-2)6-5-10-9-16-11(12)13-10/h9H,3-8H2,1-2H3,(H2,12,13). The number of nitrogens with two attached hydrogens (primary N) is 1. The molecule has 0 saturated carbocycles. The molecule has 0 spiro atoms. The van der Waals surface area contributed by atoms with Crippen molar-refractivity contribution in [3.8, 4) is 0 Å². The van der Waals surface area contributed by atoms with E-state index in [0.717, 1.165) is 45.0 Å². The zero-order valence-electron chi connectivity index (χ0n) is 10.1. The van der Waals surface area contributed by atoms with Gasteiger partial charge in [-0.2, -0.15) is 0 Å². The minimum atomic E-state index is 0.660. The molecule has 0 atom stereocenters. The lowest BCUT2D eigenvalue weighted by molar-refractivity contribution is 0.115. The van der Waals surface area contributed by atoms with Crippen LogP contribution in [0.25, 0.3) is 0 Å². The SMILES string of the molecule is CCOCCN(CC)CCc1csc(N)n1. The van der Waals surface area contributed by atoms with Crippen LogP contribution >= 0.6 is 11.3 Å². The Morgan fingerprint density at radius 3 is 2.81 bits per heavy atom. The monoisotopic (exact) mass is 243 g/mol. The molecule has 1 heterocycles. The topological polar surface area (TPSA) is 51.4 Å². The molecule has 0 amide bonds. The molecule has 0 aromatic carbocycles. The molecule has 0 bridgehead atoms. The van der Waals surface area contributed by atoms with E-state index in [1.54, 1.807) is 0 Å². The summed E-state index contributed by atoms with van der Waals surface area (Å²) in [6, 6.07) is 0. The summed E-state index contributed by atoms with van der Waals surface area (Å²) in [7, 11) is 0. The first kappa shape index (κ1) is 13.4. The molecule has 0 aliphatic carbocycles. The van der Waals surface area contributed by atoms with Gasteiger partial charge in [-0.3, -0.25) is 0 Å². The summed E-state index contributed by atoms with van der Waals surface area (Å²) < 4.78 is 5.35. The summed E-state index contributed by atoms with van der Waals surface area (Å²) >= 11 is 1.51. The third-order valence-corrected chi connectivity index (χ3v) is 3.18. The molecule has 92 valence electrons. The zero-order valence-corrected chi connectivity index (χ0v) is 10.9. The van der Waals surface area contributed by atoms with Crippen molar-refractivity contribution >= 4 is 16.5 Å². The van der Waals surface area contributed by atoms with Crippen LogP contribution < -0.4 is 5.73 Å². The number of ether oxygens (including phenoxy) is 1. The maximum atomic E-state index is 5.59. The lowest BCUT2D eigenvalue weighted by atomic mass is 10.3. The molecule has 1 rings (SSSR count). The summed E-state index contributed by atoms with van der Waals surface area (Å²) in [5.74, 6) is 0. The Morgan fingerprint density at radius 1 is 1.44 bits per heavy atom. The van der Waals surface area contributed by atoms with Crippen molar-refractivity contribution in [2.24, 2.45) is 0 Å². The third kappa shape index (κ3) is 4.92. The molecule has 0 saturated heterocycles. The van der Waals surface area contributed by atoms with Gasteiger partial charge in [0.2, 0.25) is 0 Å². The fourth-order valence-corrected chi connectivity index (χ4v) is 2.07. The number of hydrogen-bond donors (Lipinski definition) is 1. The van der Waals surface area contributed by atoms with Crippen LogP contribution in [0.15, 0.2) is 5.38 Å². The lowest BCUT2D eigenvalue weighted by Gasteiger charge is -2.19. The van der Waals surface area contributed by atoms with Crippen LogP contribution in [0.5, 0.6) is 0 Å². The fourth-order valence-electron chi connectivity index (χ4n) is 1.48. The van der Waals surface area contributed by atoms with Crippen LogP contribution in [-0.4, -0.2) is 42.7 Å². The van der Waals surface area contributed by atoms with Gasteiger partial charge in [-0.1, -0.05) is 6.92 Å². The minimum Gasteiger partial charge on any atom is -0.380 e. The molecule has 4 nitrogen and oxygen atoms in total. The molecule has 1 aromatic heterocycles. The van der Waals surface area contributed by atoms with Gasteiger partial charge >= 0.3 is 0 Å². The fraction of sp³-hybridized carbons (Fsp3) is 0.727. The van der Waals surface area contributed by atoms with Crippen LogP contribution in [0, 0.1) is 0 Å². The average molecular weight is 243 g/mol. The first-order valence-electron chi connectivity index (χ1n) is 5.76. The molecule has 16 heavy (non-hydrogen) atoms. The largest absolute Gasteiger partial charge is 0.380 e. The first-order chi connectivity index (χ1) is 7.76. The summed E-state index contributed by atoms with van der Waals surface area (Å²) in [5, 5.41) is 2.69. The Labute approximate surface area is 101 Å². The van der Waals surface area contributed by atoms with Gasteiger partial charge in [0.15, 0.2) is 5.13 Å². The Hall–Kier alpha value is -0.650. The Morgan fingerprint density at radius 2 is 2.25 bits per heavy atom. The van der Waals surface area contributed by atoms with Gasteiger partial charge in [0.25, 0.3) is 0 Å². The van der Waals surface area contributed by atoms with Crippen LogP contribution in [0.1, 0.15) is 19.5 Å². The highest BCUT2D eigenvalue weighted by Gasteiger charge is 2.04. The van der Waals surface area contributed by atoms with Crippen LogP contribution in [0.4, 0.5) is 5.13 Å². The summed E-state index contributed by atoms with van der Waals surface area (Å²) in [6.07, 6.45) is 0.966. The van der Waals surface area contributed by atoms with E-state index in [2.05, 4.69) is 16.8 Å². The maximum absolute atomic E-state index is 5.59. The summed E-state index contributed by atoms with van der Waals surface area (Å²) in [5.41, 5.74) is 6.68. The number of nitrogen functional groups attached to an aromatic ring is 1. The highest BCUT2D eigenvalue weighted by Crippen LogP contribution is 2.11. The second-order valence-electron chi connectivity index (χ2n) is 3.56. The van der Waals surface area contributed by atoms with Crippen LogP contribution in [0.3, 0.4) is 0 Å². The number of thiazole rings is 1. The van der Waals surface area contributed by atoms with Crippen molar-refractivity contribution in [3.05, 3.63) is 11.1 Å². The van der Waals surface area contributed by atoms with Gasteiger partial charge in [-0.15, -0.1) is 11.3 Å². The zero-order chi connectivity index (χ0) is 11.8. The van der Waals surface area contributed by atoms with Crippen molar-refractivity contribution in [2.75, 3.05) is 38.6 Å². The molecule has 0 fully saturated rings. The third-order valence-electron chi connectivity index (χ3n) is 2.46. The van der Waals surface area contributed by atoms with Gasteiger partial charge in [0.1, 0.15) is 0 Å². The van der Waals surface area contributed by atoms with E-state index in [9.17, 15) is 0 Å². The first-order valence-corrected chi connectivity index (χ1v) is 6.64. The number of likely N-dealkylation sites (N-methyl/N-ethyl adjacent to an activating group) is 1. The lowest BCUT2D eigenvalue weighted by Crippen LogP contribution is -2.29. The normalized spacial score (nSPS) is 11.2. The van der Waals surface area contributed by atoms with E-state index >= 15 is 0 Å². The van der Waals surface area contributed by atoms with Crippen molar-refractivity contribution in [1.29, 1.82) is 0 Å². The van der Waals surface area contributed by atoms with Gasteiger partial charge in [-0.05, 0) is 13.5 Å². The molecule has 0 radical (unpaired) electrons. The summed E-state index contributed by atoms with van der Waals surface area (Å²) in [4.78, 5) is 6.62. The molecule has 0 unspecified atom stereocenters. The van der Waals surface area contributed by atoms with E-state index in [1.165, 1.54) is 11.3 Å². The second kappa shape index (κ2) is 7.60. The predicted octanol–water partition coefficient (Wildman–Crippen LogP) is 1.63. The molecule has 1 aromatic rings. The van der Waals surface area contributed by atoms with Crippen molar-refractivity contribution in [3.63, 3.8) is 0 Å². The number of hydrogen-bond acceptors (Lipinski definition) is 5. The molecular weight excluding hydrogens is 222 g/mol. The van der Waals surface area contributed by atoms with E-state index in [4.69, 9.17) is 10.5 Å². The smallest absolute Gasteiger partial charge is 0.180 e. The van der Waals surface area contributed by atoms with E-state index in [-0.39, 0.29) is 0 Å². The average Bonchev–Trinajstić information content (AvgIpc) is 2.69. The molecular formula is C11H21N3OS. The van der Waals surface area contributed by atoms with E-state index < -0.39 is 0 Å². The van der Waals surface area contributed by atoms with E-state index in [1.807, 2.05) is 12.3 Å². The molecule has 5 heteroatoms. The maximum Gasteiger partial charge on any atom is 0.180 e. The summed E-state index contributed by atoms with van der Waals surface area (Å²) in [6.45, 7) is 8.85. The minimum absolute atomic E-state index is 0.660. The molecule has 2 N–H and O–H groups in total.